The summed E-state index contributed by atoms with van der Waals surface area (Å²) in [4.78, 5) is 21.3. The van der Waals surface area contributed by atoms with Crippen molar-refractivity contribution in [3.05, 3.63) is 78.1 Å². The van der Waals surface area contributed by atoms with E-state index in [4.69, 9.17) is 9.72 Å². The zero-order valence-corrected chi connectivity index (χ0v) is 16.7. The van der Waals surface area contributed by atoms with Gasteiger partial charge in [-0.05, 0) is 18.4 Å². The van der Waals surface area contributed by atoms with Crippen molar-refractivity contribution in [2.75, 3.05) is 11.9 Å². The highest BCUT2D eigenvalue weighted by molar-refractivity contribution is 5.77. The van der Waals surface area contributed by atoms with Crippen LogP contribution in [0.4, 0.5) is 5.82 Å². The molecule has 30 heavy (non-hydrogen) atoms. The van der Waals surface area contributed by atoms with Gasteiger partial charge in [-0.15, -0.1) is 0 Å². The fourth-order valence-corrected chi connectivity index (χ4v) is 3.67. The van der Waals surface area contributed by atoms with E-state index < -0.39 is 12.0 Å². The van der Waals surface area contributed by atoms with Crippen LogP contribution >= 0.6 is 0 Å². The fraction of sp³-hybridized carbons (Fsp3) is 0.292. The van der Waals surface area contributed by atoms with Gasteiger partial charge in [-0.2, -0.15) is 0 Å². The van der Waals surface area contributed by atoms with E-state index in [1.54, 1.807) is 6.20 Å². The molecule has 6 nitrogen and oxygen atoms in total. The van der Waals surface area contributed by atoms with Crippen LogP contribution in [0.3, 0.4) is 0 Å². The zero-order valence-electron chi connectivity index (χ0n) is 16.7. The number of rotatable bonds is 8. The van der Waals surface area contributed by atoms with E-state index in [1.807, 2.05) is 60.7 Å². The first kappa shape index (κ1) is 20.0. The van der Waals surface area contributed by atoms with Crippen LogP contribution in [0.1, 0.15) is 24.1 Å². The molecule has 2 aromatic carbocycles. The van der Waals surface area contributed by atoms with E-state index >= 15 is 0 Å². The van der Waals surface area contributed by atoms with Gasteiger partial charge in [0.15, 0.2) is 0 Å². The first-order valence-electron chi connectivity index (χ1n) is 10.3. The lowest BCUT2D eigenvalue weighted by Crippen LogP contribution is -2.32. The van der Waals surface area contributed by atoms with Crippen LogP contribution in [0, 0.1) is 0 Å². The van der Waals surface area contributed by atoms with Gasteiger partial charge in [0.2, 0.25) is 0 Å². The number of hydrogen-bond donors (Lipinski definition) is 2. The molecule has 2 unspecified atom stereocenters. The molecule has 0 aliphatic carbocycles. The van der Waals surface area contributed by atoms with Gasteiger partial charge in [0, 0.05) is 25.0 Å². The summed E-state index contributed by atoms with van der Waals surface area (Å²) in [6, 6.07) is 18.6. The standard InChI is InChI=1S/C24H25N3O3/c28-24(29)21(14-17-8-3-1-4-9-17)27-23-20(15-19-12-7-13-30-19)26-22(16-25-23)18-10-5-2-6-11-18/h1-6,8-11,16,19,21H,7,12-15H2,(H,25,27)(H,28,29). The molecule has 154 valence electrons. The molecule has 0 amide bonds. The molecule has 0 spiro atoms. The van der Waals surface area contributed by atoms with Gasteiger partial charge in [-0.1, -0.05) is 60.7 Å². The highest BCUT2D eigenvalue weighted by atomic mass is 16.5. The van der Waals surface area contributed by atoms with Gasteiger partial charge in [-0.25, -0.2) is 14.8 Å². The van der Waals surface area contributed by atoms with E-state index in [0.29, 0.717) is 18.7 Å². The molecule has 4 rings (SSSR count). The van der Waals surface area contributed by atoms with Gasteiger partial charge >= 0.3 is 5.97 Å². The average molecular weight is 403 g/mol. The minimum atomic E-state index is -0.921. The monoisotopic (exact) mass is 403 g/mol. The summed E-state index contributed by atoms with van der Waals surface area (Å²) >= 11 is 0. The molecular formula is C24H25N3O3. The Bertz CT molecular complexity index is 974. The number of carbonyl (C=O) groups is 1. The second-order valence-corrected chi connectivity index (χ2v) is 7.48. The number of hydrogen-bond acceptors (Lipinski definition) is 5. The Morgan fingerprint density at radius 3 is 2.53 bits per heavy atom. The van der Waals surface area contributed by atoms with E-state index in [1.165, 1.54) is 0 Å². The molecule has 1 aromatic heterocycles. The fourth-order valence-electron chi connectivity index (χ4n) is 3.67. The van der Waals surface area contributed by atoms with Crippen LogP contribution < -0.4 is 5.32 Å². The second kappa shape index (κ2) is 9.50. The normalized spacial score (nSPS) is 16.9. The Hall–Kier alpha value is -3.25. The van der Waals surface area contributed by atoms with Crippen molar-refractivity contribution in [2.45, 2.75) is 37.8 Å². The van der Waals surface area contributed by atoms with Crippen molar-refractivity contribution in [2.24, 2.45) is 0 Å². The number of carboxylic acids is 1. The van der Waals surface area contributed by atoms with Crippen molar-refractivity contribution in [3.8, 4) is 11.3 Å². The Kier molecular flexibility index (Phi) is 6.35. The maximum atomic E-state index is 11.9. The van der Waals surface area contributed by atoms with Gasteiger partial charge in [-0.3, -0.25) is 0 Å². The topological polar surface area (TPSA) is 84.3 Å². The molecule has 0 bridgehead atoms. The van der Waals surface area contributed by atoms with Crippen LogP contribution in [0.25, 0.3) is 11.3 Å². The number of anilines is 1. The molecule has 1 aliphatic rings. The summed E-state index contributed by atoms with van der Waals surface area (Å²) in [5.74, 6) is -0.413. The summed E-state index contributed by atoms with van der Waals surface area (Å²) in [6.45, 7) is 0.755. The summed E-state index contributed by atoms with van der Waals surface area (Å²) in [6.07, 6.45) is 4.75. The van der Waals surface area contributed by atoms with Crippen molar-refractivity contribution < 1.29 is 14.6 Å². The van der Waals surface area contributed by atoms with Crippen LogP contribution in [0.2, 0.25) is 0 Å². The number of carboxylic acid groups (broad SMARTS) is 1. The molecule has 1 saturated heterocycles. The van der Waals surface area contributed by atoms with Gasteiger partial charge < -0.3 is 15.2 Å². The highest BCUT2D eigenvalue weighted by Crippen LogP contribution is 2.24. The molecule has 1 fully saturated rings. The van der Waals surface area contributed by atoms with E-state index in [2.05, 4.69) is 10.3 Å². The van der Waals surface area contributed by atoms with Gasteiger partial charge in [0.05, 0.1) is 23.7 Å². The number of aromatic nitrogens is 2. The molecule has 3 aromatic rings. The third kappa shape index (κ3) is 5.02. The Morgan fingerprint density at radius 2 is 1.87 bits per heavy atom. The number of benzene rings is 2. The molecule has 0 saturated carbocycles. The smallest absolute Gasteiger partial charge is 0.326 e. The first-order chi connectivity index (χ1) is 14.7. The van der Waals surface area contributed by atoms with E-state index in [-0.39, 0.29) is 6.10 Å². The Balaban J connectivity index is 1.61. The maximum Gasteiger partial charge on any atom is 0.326 e. The maximum absolute atomic E-state index is 11.9. The van der Waals surface area contributed by atoms with Crippen molar-refractivity contribution in [1.82, 2.24) is 9.97 Å². The summed E-state index contributed by atoms with van der Waals surface area (Å²) in [5.41, 5.74) is 3.43. The van der Waals surface area contributed by atoms with Gasteiger partial charge in [0.25, 0.3) is 0 Å². The Labute approximate surface area is 176 Å². The number of nitrogens with zero attached hydrogens (tertiary/aromatic N) is 2. The quantitative estimate of drug-likeness (QED) is 0.592. The van der Waals surface area contributed by atoms with Crippen LogP contribution in [0.5, 0.6) is 0 Å². The van der Waals surface area contributed by atoms with Crippen molar-refractivity contribution in [1.29, 1.82) is 0 Å². The molecule has 2 atom stereocenters. The van der Waals surface area contributed by atoms with Crippen molar-refractivity contribution in [3.63, 3.8) is 0 Å². The van der Waals surface area contributed by atoms with Crippen molar-refractivity contribution >= 4 is 11.8 Å². The minimum absolute atomic E-state index is 0.0864. The molecule has 2 N–H and O–H groups in total. The second-order valence-electron chi connectivity index (χ2n) is 7.48. The number of nitrogens with one attached hydrogen (secondary N) is 1. The summed E-state index contributed by atoms with van der Waals surface area (Å²) in [7, 11) is 0. The third-order valence-electron chi connectivity index (χ3n) is 5.25. The third-order valence-corrected chi connectivity index (χ3v) is 5.25. The molecule has 0 radical (unpaired) electrons. The summed E-state index contributed by atoms with van der Waals surface area (Å²) in [5, 5.41) is 12.9. The largest absolute Gasteiger partial charge is 0.480 e. The number of ether oxygens (including phenoxy) is 1. The molecule has 1 aliphatic heterocycles. The highest BCUT2D eigenvalue weighted by Gasteiger charge is 2.24. The van der Waals surface area contributed by atoms with E-state index in [9.17, 15) is 9.90 Å². The average Bonchev–Trinajstić information content (AvgIpc) is 3.29. The lowest BCUT2D eigenvalue weighted by Gasteiger charge is -2.19. The molecule has 2 heterocycles. The lowest BCUT2D eigenvalue weighted by atomic mass is 10.1. The lowest BCUT2D eigenvalue weighted by molar-refractivity contribution is -0.137. The van der Waals surface area contributed by atoms with Crippen LogP contribution in [0.15, 0.2) is 66.9 Å². The SMILES string of the molecule is O=C(O)C(Cc1ccccc1)Nc1ncc(-c2ccccc2)nc1CC1CCCO1. The van der Waals surface area contributed by atoms with Crippen LogP contribution in [-0.4, -0.2) is 39.8 Å². The predicted molar refractivity (Wildman–Crippen MR) is 115 cm³/mol. The minimum Gasteiger partial charge on any atom is -0.480 e. The Morgan fingerprint density at radius 1 is 1.13 bits per heavy atom. The van der Waals surface area contributed by atoms with Gasteiger partial charge in [0.1, 0.15) is 11.9 Å². The first-order valence-corrected chi connectivity index (χ1v) is 10.3. The number of aliphatic carboxylic acids is 1. The van der Waals surface area contributed by atoms with E-state index in [0.717, 1.165) is 42.0 Å². The summed E-state index contributed by atoms with van der Waals surface area (Å²) < 4.78 is 5.79. The molecule has 6 heteroatoms. The molecular weight excluding hydrogens is 378 g/mol. The van der Waals surface area contributed by atoms with Crippen LogP contribution in [-0.2, 0) is 22.4 Å². The zero-order chi connectivity index (χ0) is 20.8. The predicted octanol–water partition coefficient (Wildman–Crippen LogP) is 3.97.